The number of piperazine rings is 1. The van der Waals surface area contributed by atoms with Gasteiger partial charge in [0.25, 0.3) is 0 Å². The molecule has 98 valence electrons. The molecular weight excluding hydrogens is 226 g/mol. The van der Waals surface area contributed by atoms with Gasteiger partial charge in [-0.3, -0.25) is 0 Å². The van der Waals surface area contributed by atoms with Crippen LogP contribution in [0.5, 0.6) is 0 Å². The minimum Gasteiger partial charge on any atom is -0.338 e. The third kappa shape index (κ3) is 2.20. The quantitative estimate of drug-likeness (QED) is 0.767. The molecule has 0 amide bonds. The summed E-state index contributed by atoms with van der Waals surface area (Å²) < 4.78 is 0. The predicted octanol–water partition coefficient (Wildman–Crippen LogP) is 0.183. The van der Waals surface area contributed by atoms with E-state index >= 15 is 0 Å². The Morgan fingerprint density at radius 3 is 2.67 bits per heavy atom. The standard InChI is InChI=1S/C13H21N5/c1-10-11-3-4-14-9-12(11)16-13(15-10)18-7-5-17(2)6-8-18/h14H,3-9H2,1-2H3. The fraction of sp³-hybridized carbons (Fsp3) is 0.692. The molecule has 0 unspecified atom stereocenters. The van der Waals surface area contributed by atoms with Crippen LogP contribution in [0.1, 0.15) is 17.0 Å². The van der Waals surface area contributed by atoms with Gasteiger partial charge in [-0.05, 0) is 32.5 Å². The molecule has 1 N–H and O–H groups in total. The summed E-state index contributed by atoms with van der Waals surface area (Å²) in [5.41, 5.74) is 3.71. The molecule has 2 aliphatic heterocycles. The first-order valence-electron chi connectivity index (χ1n) is 6.74. The molecule has 0 bridgehead atoms. The summed E-state index contributed by atoms with van der Waals surface area (Å²) in [6.07, 6.45) is 1.06. The average Bonchev–Trinajstić information content (AvgIpc) is 2.39. The van der Waals surface area contributed by atoms with Gasteiger partial charge in [-0.2, -0.15) is 0 Å². The van der Waals surface area contributed by atoms with E-state index in [-0.39, 0.29) is 0 Å². The van der Waals surface area contributed by atoms with Gasteiger partial charge in [0.15, 0.2) is 0 Å². The fourth-order valence-corrected chi connectivity index (χ4v) is 2.68. The third-order valence-corrected chi connectivity index (χ3v) is 3.92. The lowest BCUT2D eigenvalue weighted by Crippen LogP contribution is -2.45. The predicted molar refractivity (Wildman–Crippen MR) is 71.9 cm³/mol. The van der Waals surface area contributed by atoms with E-state index < -0.39 is 0 Å². The Labute approximate surface area is 108 Å². The lowest BCUT2D eigenvalue weighted by atomic mass is 10.1. The van der Waals surface area contributed by atoms with Crippen LogP contribution in [0.15, 0.2) is 0 Å². The molecule has 3 heterocycles. The molecule has 0 spiro atoms. The van der Waals surface area contributed by atoms with E-state index in [1.165, 1.54) is 11.3 Å². The molecule has 0 saturated carbocycles. The number of nitrogens with zero attached hydrogens (tertiary/aromatic N) is 4. The average molecular weight is 247 g/mol. The maximum atomic E-state index is 4.76. The highest BCUT2D eigenvalue weighted by atomic mass is 15.3. The molecule has 1 fully saturated rings. The number of hydrogen-bond donors (Lipinski definition) is 1. The zero-order chi connectivity index (χ0) is 12.5. The van der Waals surface area contributed by atoms with Crippen molar-refractivity contribution in [3.05, 3.63) is 17.0 Å². The van der Waals surface area contributed by atoms with E-state index in [0.717, 1.165) is 57.3 Å². The van der Waals surface area contributed by atoms with Gasteiger partial charge in [0.05, 0.1) is 5.69 Å². The lowest BCUT2D eigenvalue weighted by molar-refractivity contribution is 0.311. The van der Waals surface area contributed by atoms with E-state index in [1.54, 1.807) is 0 Å². The van der Waals surface area contributed by atoms with Gasteiger partial charge in [0.1, 0.15) is 0 Å². The molecule has 0 aliphatic carbocycles. The Hall–Kier alpha value is -1.20. The second kappa shape index (κ2) is 4.82. The Kier molecular flexibility index (Phi) is 3.18. The van der Waals surface area contributed by atoms with Crippen molar-refractivity contribution in [2.75, 3.05) is 44.7 Å². The molecule has 18 heavy (non-hydrogen) atoms. The second-order valence-electron chi connectivity index (χ2n) is 5.25. The minimum absolute atomic E-state index is 0.888. The van der Waals surface area contributed by atoms with E-state index in [9.17, 15) is 0 Å². The Balaban J connectivity index is 1.86. The first-order chi connectivity index (χ1) is 8.74. The largest absolute Gasteiger partial charge is 0.338 e. The monoisotopic (exact) mass is 247 g/mol. The van der Waals surface area contributed by atoms with Crippen LogP contribution < -0.4 is 10.2 Å². The smallest absolute Gasteiger partial charge is 0.225 e. The topological polar surface area (TPSA) is 44.3 Å². The molecule has 2 aliphatic rings. The van der Waals surface area contributed by atoms with Crippen molar-refractivity contribution in [3.8, 4) is 0 Å². The highest BCUT2D eigenvalue weighted by molar-refractivity contribution is 5.38. The van der Waals surface area contributed by atoms with Crippen LogP contribution in [0, 0.1) is 6.92 Å². The molecule has 5 nitrogen and oxygen atoms in total. The van der Waals surface area contributed by atoms with Gasteiger partial charge in [0.2, 0.25) is 5.95 Å². The summed E-state index contributed by atoms with van der Waals surface area (Å²) in [6.45, 7) is 8.30. The van der Waals surface area contributed by atoms with E-state index in [2.05, 4.69) is 29.1 Å². The van der Waals surface area contributed by atoms with Crippen LogP contribution in [-0.2, 0) is 13.0 Å². The van der Waals surface area contributed by atoms with Crippen LogP contribution in [0.3, 0.4) is 0 Å². The van der Waals surface area contributed by atoms with Crippen LogP contribution in [0.4, 0.5) is 5.95 Å². The number of likely N-dealkylation sites (N-methyl/N-ethyl adjacent to an activating group) is 1. The van der Waals surface area contributed by atoms with Crippen LogP contribution in [0.25, 0.3) is 0 Å². The molecule has 0 radical (unpaired) electrons. The summed E-state index contributed by atoms with van der Waals surface area (Å²) in [5.74, 6) is 0.919. The number of aryl methyl sites for hydroxylation is 1. The van der Waals surface area contributed by atoms with Crippen molar-refractivity contribution in [2.45, 2.75) is 19.9 Å². The molecule has 3 rings (SSSR count). The van der Waals surface area contributed by atoms with Crippen LogP contribution >= 0.6 is 0 Å². The van der Waals surface area contributed by atoms with Crippen molar-refractivity contribution >= 4 is 5.95 Å². The van der Waals surface area contributed by atoms with Gasteiger partial charge in [0, 0.05) is 38.4 Å². The number of nitrogens with one attached hydrogen (secondary N) is 1. The van der Waals surface area contributed by atoms with Crippen molar-refractivity contribution in [1.29, 1.82) is 0 Å². The van der Waals surface area contributed by atoms with Gasteiger partial charge < -0.3 is 15.1 Å². The summed E-state index contributed by atoms with van der Waals surface area (Å²) in [7, 11) is 2.17. The van der Waals surface area contributed by atoms with Gasteiger partial charge in [-0.1, -0.05) is 0 Å². The highest BCUT2D eigenvalue weighted by Crippen LogP contribution is 2.19. The SMILES string of the molecule is Cc1nc(N2CCN(C)CC2)nc2c1CCNC2. The zero-order valence-electron chi connectivity index (χ0n) is 11.2. The van der Waals surface area contributed by atoms with Gasteiger partial charge >= 0.3 is 0 Å². The number of rotatable bonds is 1. The lowest BCUT2D eigenvalue weighted by Gasteiger charge is -2.33. The molecule has 1 aromatic heterocycles. The van der Waals surface area contributed by atoms with Gasteiger partial charge in [-0.25, -0.2) is 9.97 Å². The van der Waals surface area contributed by atoms with E-state index in [0.29, 0.717) is 0 Å². The molecule has 0 aromatic carbocycles. The normalized spacial score (nSPS) is 20.9. The number of hydrogen-bond acceptors (Lipinski definition) is 5. The van der Waals surface area contributed by atoms with Crippen LogP contribution in [-0.4, -0.2) is 54.6 Å². The summed E-state index contributed by atoms with van der Waals surface area (Å²) >= 11 is 0. The molecule has 1 aromatic rings. The van der Waals surface area contributed by atoms with Gasteiger partial charge in [-0.15, -0.1) is 0 Å². The van der Waals surface area contributed by atoms with E-state index in [1.807, 2.05) is 0 Å². The summed E-state index contributed by atoms with van der Waals surface area (Å²) in [5, 5.41) is 3.39. The molecular formula is C13H21N5. The van der Waals surface area contributed by atoms with Crippen molar-refractivity contribution in [1.82, 2.24) is 20.2 Å². The summed E-state index contributed by atoms with van der Waals surface area (Å²) in [6, 6.07) is 0. The van der Waals surface area contributed by atoms with E-state index in [4.69, 9.17) is 9.97 Å². The molecule has 0 atom stereocenters. The van der Waals surface area contributed by atoms with Crippen molar-refractivity contribution in [2.24, 2.45) is 0 Å². The Morgan fingerprint density at radius 2 is 1.89 bits per heavy atom. The van der Waals surface area contributed by atoms with Crippen LogP contribution in [0.2, 0.25) is 0 Å². The Morgan fingerprint density at radius 1 is 1.11 bits per heavy atom. The molecule has 5 heteroatoms. The number of aromatic nitrogens is 2. The first-order valence-corrected chi connectivity index (χ1v) is 6.74. The highest BCUT2D eigenvalue weighted by Gasteiger charge is 2.20. The number of fused-ring (bicyclic) bond motifs is 1. The summed E-state index contributed by atoms with van der Waals surface area (Å²) in [4.78, 5) is 14.1. The fourth-order valence-electron chi connectivity index (χ4n) is 2.68. The number of anilines is 1. The van der Waals surface area contributed by atoms with Crippen molar-refractivity contribution < 1.29 is 0 Å². The van der Waals surface area contributed by atoms with Crippen molar-refractivity contribution in [3.63, 3.8) is 0 Å². The first kappa shape index (κ1) is 11.9. The third-order valence-electron chi connectivity index (χ3n) is 3.92. The maximum Gasteiger partial charge on any atom is 0.225 e. The Bertz CT molecular complexity index is 437. The molecule has 1 saturated heterocycles. The second-order valence-corrected chi connectivity index (χ2v) is 5.25. The zero-order valence-corrected chi connectivity index (χ0v) is 11.2. The minimum atomic E-state index is 0.888. The maximum absolute atomic E-state index is 4.76.